The molecular formula is C12H20N4O. The molecule has 1 saturated heterocycles. The summed E-state index contributed by atoms with van der Waals surface area (Å²) >= 11 is 0. The molecule has 0 bridgehead atoms. The minimum absolute atomic E-state index is 0.418. The van der Waals surface area contributed by atoms with Gasteiger partial charge in [0.2, 0.25) is 0 Å². The van der Waals surface area contributed by atoms with Crippen molar-refractivity contribution in [1.82, 2.24) is 9.88 Å². The molecule has 1 atom stereocenters. The first-order chi connectivity index (χ1) is 8.22. The highest BCUT2D eigenvalue weighted by Gasteiger charge is 2.25. The molecule has 1 aromatic heterocycles. The van der Waals surface area contributed by atoms with Crippen molar-refractivity contribution in [1.29, 1.82) is 0 Å². The fourth-order valence-electron chi connectivity index (χ4n) is 2.22. The number of methoxy groups -OCH3 is 1. The first kappa shape index (κ1) is 12.1. The Labute approximate surface area is 102 Å². The van der Waals surface area contributed by atoms with Crippen LogP contribution >= 0.6 is 0 Å². The van der Waals surface area contributed by atoms with E-state index in [0.717, 1.165) is 37.6 Å². The van der Waals surface area contributed by atoms with Crippen LogP contribution in [0.2, 0.25) is 0 Å². The number of hydrogen-bond donors (Lipinski definition) is 1. The molecule has 5 nitrogen and oxygen atoms in total. The van der Waals surface area contributed by atoms with Gasteiger partial charge in [-0.1, -0.05) is 0 Å². The van der Waals surface area contributed by atoms with Gasteiger partial charge >= 0.3 is 0 Å². The molecule has 94 valence electrons. The molecule has 2 rings (SSSR count). The average Bonchev–Trinajstić information content (AvgIpc) is 2.33. The third-order valence-electron chi connectivity index (χ3n) is 3.30. The molecular weight excluding hydrogens is 216 g/mol. The second-order valence-electron chi connectivity index (χ2n) is 4.47. The van der Waals surface area contributed by atoms with E-state index >= 15 is 0 Å². The molecule has 0 spiro atoms. The molecule has 0 radical (unpaired) electrons. The van der Waals surface area contributed by atoms with E-state index in [2.05, 4.69) is 21.8 Å². The zero-order valence-corrected chi connectivity index (χ0v) is 10.5. The summed E-state index contributed by atoms with van der Waals surface area (Å²) in [5, 5.41) is 0. The van der Waals surface area contributed by atoms with Gasteiger partial charge in [-0.3, -0.25) is 9.88 Å². The number of nitrogens with two attached hydrogens (primary N) is 1. The lowest BCUT2D eigenvalue weighted by molar-refractivity contribution is 0.0987. The molecule has 2 N–H and O–H groups in total. The first-order valence-corrected chi connectivity index (χ1v) is 5.86. The van der Waals surface area contributed by atoms with Crippen molar-refractivity contribution in [3.63, 3.8) is 0 Å². The van der Waals surface area contributed by atoms with Crippen LogP contribution < -0.4 is 10.6 Å². The number of aromatic nitrogens is 1. The van der Waals surface area contributed by atoms with Gasteiger partial charge in [-0.25, -0.2) is 0 Å². The molecule has 1 aromatic rings. The fraction of sp³-hybridized carbons (Fsp3) is 0.583. The van der Waals surface area contributed by atoms with Crippen molar-refractivity contribution in [3.8, 4) is 0 Å². The third kappa shape index (κ3) is 2.68. The normalized spacial score (nSPS) is 21.8. The van der Waals surface area contributed by atoms with Gasteiger partial charge in [0, 0.05) is 32.9 Å². The SMILES string of the molecule is COCC1CN(c2ccncc2N)CCN1C. The fourth-order valence-corrected chi connectivity index (χ4v) is 2.22. The lowest BCUT2D eigenvalue weighted by atomic mass is 10.1. The summed E-state index contributed by atoms with van der Waals surface area (Å²) in [7, 11) is 3.88. The topological polar surface area (TPSA) is 54.6 Å². The second-order valence-corrected chi connectivity index (χ2v) is 4.47. The first-order valence-electron chi connectivity index (χ1n) is 5.86. The highest BCUT2D eigenvalue weighted by atomic mass is 16.5. The number of piperazine rings is 1. The lowest BCUT2D eigenvalue weighted by Gasteiger charge is -2.40. The molecule has 0 aromatic carbocycles. The number of pyridine rings is 1. The Morgan fingerprint density at radius 2 is 2.35 bits per heavy atom. The molecule has 17 heavy (non-hydrogen) atoms. The van der Waals surface area contributed by atoms with E-state index in [-0.39, 0.29) is 0 Å². The van der Waals surface area contributed by atoms with Crippen LogP contribution in [0.15, 0.2) is 18.5 Å². The molecule has 1 aliphatic heterocycles. The summed E-state index contributed by atoms with van der Waals surface area (Å²) in [6.07, 6.45) is 3.49. The zero-order chi connectivity index (χ0) is 12.3. The van der Waals surface area contributed by atoms with Gasteiger partial charge in [0.15, 0.2) is 0 Å². The van der Waals surface area contributed by atoms with E-state index < -0.39 is 0 Å². The smallest absolute Gasteiger partial charge is 0.0738 e. The van der Waals surface area contributed by atoms with Crippen LogP contribution in [-0.2, 0) is 4.74 Å². The Kier molecular flexibility index (Phi) is 3.81. The number of anilines is 2. The summed E-state index contributed by atoms with van der Waals surface area (Å²) in [6, 6.07) is 2.39. The Hall–Kier alpha value is -1.33. The maximum atomic E-state index is 5.96. The summed E-state index contributed by atoms with van der Waals surface area (Å²) in [5.74, 6) is 0. The molecule has 5 heteroatoms. The van der Waals surface area contributed by atoms with Crippen LogP contribution in [-0.4, -0.2) is 56.3 Å². The van der Waals surface area contributed by atoms with Crippen LogP contribution in [0.3, 0.4) is 0 Å². The van der Waals surface area contributed by atoms with E-state index in [1.165, 1.54) is 0 Å². The lowest BCUT2D eigenvalue weighted by Crippen LogP contribution is -2.53. The van der Waals surface area contributed by atoms with Crippen molar-refractivity contribution >= 4 is 11.4 Å². The quantitative estimate of drug-likeness (QED) is 0.825. The number of nitrogen functional groups attached to an aromatic ring is 1. The van der Waals surface area contributed by atoms with E-state index in [1.54, 1.807) is 19.5 Å². The number of ether oxygens (including phenoxy) is 1. The van der Waals surface area contributed by atoms with Crippen LogP contribution in [0.1, 0.15) is 0 Å². The zero-order valence-electron chi connectivity index (χ0n) is 10.5. The van der Waals surface area contributed by atoms with Gasteiger partial charge < -0.3 is 15.4 Å². The molecule has 0 saturated carbocycles. The predicted octanol–water partition coefficient (Wildman–Crippen LogP) is 0.431. The maximum absolute atomic E-state index is 5.96. The molecule has 1 unspecified atom stereocenters. The number of likely N-dealkylation sites (N-methyl/N-ethyl adjacent to an activating group) is 1. The maximum Gasteiger partial charge on any atom is 0.0738 e. The summed E-state index contributed by atoms with van der Waals surface area (Å²) in [5.41, 5.74) is 7.78. The molecule has 1 aliphatic rings. The minimum Gasteiger partial charge on any atom is -0.396 e. The van der Waals surface area contributed by atoms with Gasteiger partial charge in [-0.2, -0.15) is 0 Å². The Morgan fingerprint density at radius 3 is 3.06 bits per heavy atom. The molecule has 1 fully saturated rings. The van der Waals surface area contributed by atoms with Gasteiger partial charge in [0.25, 0.3) is 0 Å². The average molecular weight is 236 g/mol. The van der Waals surface area contributed by atoms with Crippen molar-refractivity contribution in [2.75, 3.05) is 51.0 Å². The van der Waals surface area contributed by atoms with Crippen molar-refractivity contribution < 1.29 is 4.74 Å². The summed E-state index contributed by atoms with van der Waals surface area (Å²) < 4.78 is 5.25. The molecule has 0 aliphatic carbocycles. The van der Waals surface area contributed by atoms with Gasteiger partial charge in [0.05, 0.1) is 30.2 Å². The Balaban J connectivity index is 2.10. The van der Waals surface area contributed by atoms with Gasteiger partial charge in [0.1, 0.15) is 0 Å². The Bertz CT molecular complexity index is 371. The monoisotopic (exact) mass is 236 g/mol. The van der Waals surface area contributed by atoms with Crippen LogP contribution in [0.5, 0.6) is 0 Å². The van der Waals surface area contributed by atoms with E-state index in [4.69, 9.17) is 10.5 Å². The van der Waals surface area contributed by atoms with Crippen LogP contribution in [0.4, 0.5) is 11.4 Å². The number of hydrogen-bond acceptors (Lipinski definition) is 5. The van der Waals surface area contributed by atoms with E-state index in [9.17, 15) is 0 Å². The standard InChI is InChI=1S/C12H20N4O/c1-15-5-6-16(8-10(15)9-17-2)12-3-4-14-7-11(12)13/h3-4,7,10H,5-6,8-9,13H2,1-2H3. The van der Waals surface area contributed by atoms with Crippen LogP contribution in [0, 0.1) is 0 Å². The van der Waals surface area contributed by atoms with Crippen molar-refractivity contribution in [2.24, 2.45) is 0 Å². The summed E-state index contributed by atoms with van der Waals surface area (Å²) in [4.78, 5) is 8.66. The largest absolute Gasteiger partial charge is 0.396 e. The Morgan fingerprint density at radius 1 is 1.53 bits per heavy atom. The highest BCUT2D eigenvalue weighted by molar-refractivity contribution is 5.66. The van der Waals surface area contributed by atoms with Crippen LogP contribution in [0.25, 0.3) is 0 Å². The molecule has 0 amide bonds. The van der Waals surface area contributed by atoms with Gasteiger partial charge in [-0.15, -0.1) is 0 Å². The van der Waals surface area contributed by atoms with Crippen molar-refractivity contribution in [2.45, 2.75) is 6.04 Å². The van der Waals surface area contributed by atoms with E-state index in [1.807, 2.05) is 6.07 Å². The second kappa shape index (κ2) is 5.33. The highest BCUT2D eigenvalue weighted by Crippen LogP contribution is 2.23. The number of nitrogens with zero attached hydrogens (tertiary/aromatic N) is 3. The summed E-state index contributed by atoms with van der Waals surface area (Å²) in [6.45, 7) is 3.71. The van der Waals surface area contributed by atoms with Gasteiger partial charge in [-0.05, 0) is 13.1 Å². The predicted molar refractivity (Wildman–Crippen MR) is 69.2 cm³/mol. The molecule has 2 heterocycles. The minimum atomic E-state index is 0.418. The van der Waals surface area contributed by atoms with E-state index in [0.29, 0.717) is 6.04 Å². The number of rotatable bonds is 3. The van der Waals surface area contributed by atoms with Crippen molar-refractivity contribution in [3.05, 3.63) is 18.5 Å². The third-order valence-corrected chi connectivity index (χ3v) is 3.30.